The Morgan fingerprint density at radius 2 is 1.20 bits per heavy atom. The number of carbonyl (C=O) groups is 1. The molecule has 6 nitrogen and oxygen atoms in total. The molecule has 6 heteroatoms. The van der Waals surface area contributed by atoms with Crippen molar-refractivity contribution in [3.63, 3.8) is 0 Å². The standard InChI is InChI=1S/C29H32O6/c1-31-29-28(34-20-24-15-9-4-10-16-24)25(17-30)27(33-19-23-13-7-3-8-14-23)26(35-29)21-32-18-22-11-5-2-6-12-22/h2-17,25-29H,18-21H2,1H3/t25?,26-,27-,28-,29+/m1/s1. The summed E-state index contributed by atoms with van der Waals surface area (Å²) in [4.78, 5) is 12.4. The van der Waals surface area contributed by atoms with E-state index in [0.717, 1.165) is 23.0 Å². The van der Waals surface area contributed by atoms with Gasteiger partial charge in [-0.3, -0.25) is 0 Å². The fourth-order valence-electron chi connectivity index (χ4n) is 4.23. The van der Waals surface area contributed by atoms with Crippen molar-refractivity contribution in [2.24, 2.45) is 5.92 Å². The van der Waals surface area contributed by atoms with Crippen LogP contribution in [0.2, 0.25) is 0 Å². The molecule has 0 aromatic heterocycles. The minimum atomic E-state index is -0.726. The van der Waals surface area contributed by atoms with Crippen molar-refractivity contribution >= 4 is 6.29 Å². The number of hydrogen-bond donors (Lipinski definition) is 0. The van der Waals surface area contributed by atoms with E-state index in [1.165, 1.54) is 0 Å². The fraction of sp³-hybridized carbons (Fsp3) is 0.345. The first-order valence-electron chi connectivity index (χ1n) is 11.8. The SMILES string of the molecule is CO[C@H]1O[C@H](COCc2ccccc2)[C@H](OCc2ccccc2)C(C=O)[C@H]1OCc1ccccc1. The van der Waals surface area contributed by atoms with Crippen molar-refractivity contribution in [1.82, 2.24) is 0 Å². The largest absolute Gasteiger partial charge is 0.374 e. The molecule has 1 aliphatic heterocycles. The Hall–Kier alpha value is -2.87. The molecule has 4 rings (SSSR count). The molecule has 0 radical (unpaired) electrons. The zero-order valence-corrected chi connectivity index (χ0v) is 19.9. The van der Waals surface area contributed by atoms with Crippen LogP contribution in [0.5, 0.6) is 0 Å². The first kappa shape index (κ1) is 25.2. The van der Waals surface area contributed by atoms with Crippen LogP contribution in [0.3, 0.4) is 0 Å². The smallest absolute Gasteiger partial charge is 0.184 e. The molecule has 184 valence electrons. The summed E-state index contributed by atoms with van der Waals surface area (Å²) in [6, 6.07) is 29.6. The Balaban J connectivity index is 1.48. The van der Waals surface area contributed by atoms with Crippen LogP contribution in [0.25, 0.3) is 0 Å². The van der Waals surface area contributed by atoms with E-state index >= 15 is 0 Å². The summed E-state index contributed by atoms with van der Waals surface area (Å²) in [5, 5.41) is 0. The summed E-state index contributed by atoms with van der Waals surface area (Å²) in [6.07, 6.45) is -1.51. The maximum atomic E-state index is 12.4. The van der Waals surface area contributed by atoms with Gasteiger partial charge in [0.05, 0.1) is 38.4 Å². The predicted octanol–water partition coefficient (Wildman–Crippen LogP) is 4.56. The molecule has 0 N–H and O–H groups in total. The predicted molar refractivity (Wildman–Crippen MR) is 131 cm³/mol. The average molecular weight is 477 g/mol. The molecule has 0 aliphatic carbocycles. The second-order valence-electron chi connectivity index (χ2n) is 8.52. The molecule has 1 fully saturated rings. The highest BCUT2D eigenvalue weighted by Crippen LogP contribution is 2.31. The first-order valence-corrected chi connectivity index (χ1v) is 11.8. The van der Waals surface area contributed by atoms with Gasteiger partial charge in [-0.2, -0.15) is 0 Å². The van der Waals surface area contributed by atoms with E-state index < -0.39 is 30.5 Å². The van der Waals surface area contributed by atoms with Gasteiger partial charge in [-0.05, 0) is 16.7 Å². The van der Waals surface area contributed by atoms with Gasteiger partial charge in [0.25, 0.3) is 0 Å². The Morgan fingerprint density at radius 1 is 0.714 bits per heavy atom. The van der Waals surface area contributed by atoms with Crippen LogP contribution in [-0.4, -0.2) is 44.6 Å². The lowest BCUT2D eigenvalue weighted by Crippen LogP contribution is -2.58. The van der Waals surface area contributed by atoms with Crippen LogP contribution in [0.15, 0.2) is 91.0 Å². The Kier molecular flexibility index (Phi) is 9.57. The molecule has 0 bridgehead atoms. The van der Waals surface area contributed by atoms with E-state index in [1.54, 1.807) is 7.11 Å². The van der Waals surface area contributed by atoms with Gasteiger partial charge in [0.2, 0.25) is 0 Å². The molecule has 0 spiro atoms. The van der Waals surface area contributed by atoms with E-state index in [1.807, 2.05) is 91.0 Å². The highest BCUT2D eigenvalue weighted by Gasteiger charge is 2.47. The Morgan fingerprint density at radius 3 is 1.69 bits per heavy atom. The van der Waals surface area contributed by atoms with Gasteiger partial charge in [-0.15, -0.1) is 0 Å². The molecule has 1 aliphatic rings. The molecule has 3 aromatic carbocycles. The van der Waals surface area contributed by atoms with Gasteiger partial charge in [-0.1, -0.05) is 91.0 Å². The summed E-state index contributed by atoms with van der Waals surface area (Å²) in [6.45, 7) is 1.37. The summed E-state index contributed by atoms with van der Waals surface area (Å²) in [5.74, 6) is -0.591. The van der Waals surface area contributed by atoms with E-state index in [0.29, 0.717) is 19.8 Å². The van der Waals surface area contributed by atoms with Gasteiger partial charge < -0.3 is 28.5 Å². The Bertz CT molecular complexity index is 997. The van der Waals surface area contributed by atoms with Crippen molar-refractivity contribution in [3.8, 4) is 0 Å². The van der Waals surface area contributed by atoms with Crippen LogP contribution in [0.1, 0.15) is 16.7 Å². The fourth-order valence-corrected chi connectivity index (χ4v) is 4.23. The van der Waals surface area contributed by atoms with Crippen LogP contribution in [0, 0.1) is 5.92 Å². The summed E-state index contributed by atoms with van der Waals surface area (Å²) < 4.78 is 30.3. The van der Waals surface area contributed by atoms with Crippen LogP contribution < -0.4 is 0 Å². The lowest BCUT2D eigenvalue weighted by Gasteiger charge is -2.43. The molecule has 35 heavy (non-hydrogen) atoms. The van der Waals surface area contributed by atoms with Gasteiger partial charge in [-0.25, -0.2) is 0 Å². The number of hydrogen-bond acceptors (Lipinski definition) is 6. The number of ether oxygens (including phenoxy) is 5. The molecule has 1 heterocycles. The maximum absolute atomic E-state index is 12.4. The number of benzene rings is 3. The molecule has 0 amide bonds. The number of aldehydes is 1. The van der Waals surface area contributed by atoms with Crippen molar-refractivity contribution < 1.29 is 28.5 Å². The normalized spacial score (nSPS) is 24.2. The highest BCUT2D eigenvalue weighted by molar-refractivity contribution is 5.56. The summed E-state index contributed by atoms with van der Waals surface area (Å²) >= 11 is 0. The second-order valence-corrected chi connectivity index (χ2v) is 8.52. The van der Waals surface area contributed by atoms with E-state index in [9.17, 15) is 4.79 Å². The van der Waals surface area contributed by atoms with Gasteiger partial charge in [0, 0.05) is 7.11 Å². The van der Waals surface area contributed by atoms with Crippen LogP contribution in [-0.2, 0) is 48.3 Å². The molecular weight excluding hydrogens is 444 g/mol. The Labute approximate surface area is 206 Å². The lowest BCUT2D eigenvalue weighted by molar-refractivity contribution is -0.297. The van der Waals surface area contributed by atoms with Crippen LogP contribution in [0.4, 0.5) is 0 Å². The molecule has 1 saturated heterocycles. The van der Waals surface area contributed by atoms with Gasteiger partial charge >= 0.3 is 0 Å². The molecule has 1 unspecified atom stereocenters. The summed E-state index contributed by atoms with van der Waals surface area (Å²) in [7, 11) is 1.55. The summed E-state index contributed by atoms with van der Waals surface area (Å²) in [5.41, 5.74) is 3.07. The minimum absolute atomic E-state index is 0.254. The monoisotopic (exact) mass is 476 g/mol. The van der Waals surface area contributed by atoms with Crippen molar-refractivity contribution in [1.29, 1.82) is 0 Å². The lowest BCUT2D eigenvalue weighted by atomic mass is 9.89. The van der Waals surface area contributed by atoms with Crippen molar-refractivity contribution in [2.75, 3.05) is 13.7 Å². The highest BCUT2D eigenvalue weighted by atomic mass is 16.7. The van der Waals surface area contributed by atoms with Crippen molar-refractivity contribution in [3.05, 3.63) is 108 Å². The quantitative estimate of drug-likeness (QED) is 0.357. The van der Waals surface area contributed by atoms with Gasteiger partial charge in [0.1, 0.15) is 18.5 Å². The topological polar surface area (TPSA) is 63.2 Å². The van der Waals surface area contributed by atoms with Gasteiger partial charge in [0.15, 0.2) is 6.29 Å². The molecule has 0 saturated carbocycles. The number of rotatable bonds is 12. The van der Waals surface area contributed by atoms with E-state index in [-0.39, 0.29) is 6.61 Å². The number of methoxy groups -OCH3 is 1. The third-order valence-corrected chi connectivity index (χ3v) is 6.06. The van der Waals surface area contributed by atoms with E-state index in [2.05, 4.69) is 0 Å². The van der Waals surface area contributed by atoms with Crippen LogP contribution >= 0.6 is 0 Å². The minimum Gasteiger partial charge on any atom is -0.374 e. The first-order chi connectivity index (χ1) is 17.3. The zero-order valence-electron chi connectivity index (χ0n) is 19.9. The molecular formula is C29H32O6. The van der Waals surface area contributed by atoms with E-state index in [4.69, 9.17) is 23.7 Å². The number of carbonyl (C=O) groups excluding carboxylic acids is 1. The third-order valence-electron chi connectivity index (χ3n) is 6.06. The third kappa shape index (κ3) is 7.07. The van der Waals surface area contributed by atoms with Crippen molar-refractivity contribution in [2.45, 2.75) is 44.4 Å². The molecule has 3 aromatic rings. The zero-order chi connectivity index (χ0) is 24.3. The molecule has 5 atom stereocenters. The second kappa shape index (κ2) is 13.3. The maximum Gasteiger partial charge on any atom is 0.184 e. The average Bonchev–Trinajstić information content (AvgIpc) is 2.92.